The van der Waals surface area contributed by atoms with E-state index in [4.69, 9.17) is 9.30 Å². The smallest absolute Gasteiger partial charge is 0.0622 e. The zero-order valence-corrected chi connectivity index (χ0v) is 29.2. The van der Waals surface area contributed by atoms with Crippen LogP contribution in [0.4, 0.5) is 0 Å². The summed E-state index contributed by atoms with van der Waals surface area (Å²) in [4.78, 5) is 0. The van der Waals surface area contributed by atoms with Gasteiger partial charge in [-0.2, -0.15) is 0 Å². The van der Waals surface area contributed by atoms with E-state index in [2.05, 4.69) is 220 Å². The van der Waals surface area contributed by atoms with Gasteiger partial charge in [0.25, 0.3) is 0 Å². The second-order valence-corrected chi connectivity index (χ2v) is 13.9. The van der Waals surface area contributed by atoms with Crippen LogP contribution in [0.1, 0.15) is 0 Å². The van der Waals surface area contributed by atoms with Gasteiger partial charge in [-0.15, -0.1) is 0 Å². The van der Waals surface area contributed by atoms with Gasteiger partial charge in [0.15, 0.2) is 0 Å². The molecule has 0 unspecified atom stereocenters. The van der Waals surface area contributed by atoms with Gasteiger partial charge in [0.1, 0.15) is 0 Å². The first-order chi connectivity index (χ1) is 22.3. The zero-order valence-electron chi connectivity index (χ0n) is 24.7. The molecule has 0 saturated carbocycles. The fourth-order valence-corrected chi connectivity index (χ4v) is 8.97. The molecule has 46 heavy (non-hydrogen) atoms. The van der Waals surface area contributed by atoms with Crippen LogP contribution in [0.25, 0.3) is 0 Å². The molecular formula is C39H30FeO2P2S2. The van der Waals surface area contributed by atoms with E-state index >= 15 is 0 Å². The molecular weight excluding hydrogens is 682 g/mol. The number of thiocarbonyl (C=S) groups is 1. The molecule has 0 aliphatic rings. The van der Waals surface area contributed by atoms with Gasteiger partial charge in [0, 0.05) is 0 Å². The third-order valence-corrected chi connectivity index (χ3v) is 11.0. The Hall–Kier alpha value is -3.51. The fourth-order valence-electron chi connectivity index (χ4n) is 4.36. The maximum Gasteiger partial charge on any atom is 2.00 e. The molecule has 0 aliphatic carbocycles. The van der Waals surface area contributed by atoms with Crippen LogP contribution in [-0.4, -0.2) is 4.70 Å². The van der Waals surface area contributed by atoms with Crippen molar-refractivity contribution in [2.24, 2.45) is 0 Å². The molecule has 0 bridgehead atoms. The summed E-state index contributed by atoms with van der Waals surface area (Å²) in [6.45, 7) is 9.00. The summed E-state index contributed by atoms with van der Waals surface area (Å²) in [6.07, 6.45) is 0. The van der Waals surface area contributed by atoms with Crippen LogP contribution < -0.4 is 31.8 Å². The van der Waals surface area contributed by atoms with Crippen molar-refractivity contribution in [3.63, 3.8) is 0 Å². The average molecular weight is 713 g/mol. The monoisotopic (exact) mass is 712 g/mol. The molecule has 228 valence electrons. The topological polar surface area (TPSA) is 39.8 Å². The van der Waals surface area contributed by atoms with Gasteiger partial charge in [-0.05, 0) is 47.7 Å². The van der Waals surface area contributed by atoms with Crippen LogP contribution in [-0.2, 0) is 39.0 Å². The summed E-state index contributed by atoms with van der Waals surface area (Å²) >= 11 is 7.92. The van der Waals surface area contributed by atoms with Gasteiger partial charge in [0.05, 0.1) is 0 Å². The van der Waals surface area contributed by atoms with Gasteiger partial charge in [-0.1, -0.05) is 182 Å². The molecule has 0 atom stereocenters. The molecule has 0 spiro atoms. The van der Waals surface area contributed by atoms with E-state index < -0.39 is 15.8 Å². The second-order valence-electron chi connectivity index (χ2n) is 8.77. The zero-order chi connectivity index (χ0) is 32.5. The van der Waals surface area contributed by atoms with Crippen molar-refractivity contribution in [2.45, 2.75) is 0 Å². The van der Waals surface area contributed by atoms with Crippen molar-refractivity contribution in [1.29, 1.82) is 0 Å². The van der Waals surface area contributed by atoms with E-state index in [-0.39, 0.29) is 17.1 Å². The number of benzene rings is 6. The molecule has 0 aromatic heterocycles. The van der Waals surface area contributed by atoms with E-state index in [1.807, 2.05) is 4.70 Å². The molecule has 0 heterocycles. The van der Waals surface area contributed by atoms with E-state index in [9.17, 15) is 0 Å². The maximum atomic E-state index is 7.50. The van der Waals surface area contributed by atoms with E-state index in [1.54, 1.807) is 0 Å². The molecule has 2 nitrogen and oxygen atoms in total. The van der Waals surface area contributed by atoms with Crippen molar-refractivity contribution in [3.8, 4) is 0 Å². The minimum absolute atomic E-state index is 0. The Morgan fingerprint density at radius 3 is 0.587 bits per heavy atom. The molecule has 0 N–H and O–H groups in total. The predicted octanol–water partition coefficient (Wildman–Crippen LogP) is 7.18. The number of hydrogen-bond acceptors (Lipinski definition) is 2. The third-order valence-electron chi connectivity index (χ3n) is 6.09. The maximum absolute atomic E-state index is 7.50. The fraction of sp³-hybridized carbons (Fsp3) is 0. The molecule has 7 heteroatoms. The molecule has 0 saturated heterocycles. The van der Waals surface area contributed by atoms with Crippen LogP contribution in [0.2, 0.25) is 0 Å². The largest absolute Gasteiger partial charge is 2.00 e. The summed E-state index contributed by atoms with van der Waals surface area (Å²) in [7, 11) is -0.892. The standard InChI is InChI=1S/2C18H15P.2CO.CS2.Fe/c2*1-4-10-16(11-5-1)19(17-12-6-2-7-13-17)18-14-8-3-9-15-18;2*1-2;2-1-3;/h2*1-15H;;;;/q;;;;-2;+2. The molecule has 6 aromatic rings. The first-order valence-electron chi connectivity index (χ1n) is 13.6. The summed E-state index contributed by atoms with van der Waals surface area (Å²) < 4.78 is 16.9. The summed E-state index contributed by atoms with van der Waals surface area (Å²) in [5.74, 6) is 0. The Bertz CT molecular complexity index is 1330. The van der Waals surface area contributed by atoms with Gasteiger partial charge in [-0.3, -0.25) is 0 Å². The van der Waals surface area contributed by atoms with Crippen molar-refractivity contribution >= 4 is 77.2 Å². The van der Waals surface area contributed by atoms with Gasteiger partial charge < -0.3 is 29.5 Å². The van der Waals surface area contributed by atoms with Gasteiger partial charge in [0.2, 0.25) is 0 Å². The van der Waals surface area contributed by atoms with Gasteiger partial charge >= 0.3 is 39.7 Å². The van der Waals surface area contributed by atoms with Crippen LogP contribution in [0.3, 0.4) is 0 Å². The van der Waals surface area contributed by atoms with E-state index in [0.29, 0.717) is 0 Å². The van der Waals surface area contributed by atoms with E-state index in [1.165, 1.54) is 31.8 Å². The van der Waals surface area contributed by atoms with Crippen LogP contribution >= 0.6 is 28.1 Å². The second kappa shape index (κ2) is 25.7. The Balaban J connectivity index is 0.000000379. The van der Waals surface area contributed by atoms with Crippen molar-refractivity contribution in [3.05, 3.63) is 195 Å². The summed E-state index contributed by atoms with van der Waals surface area (Å²) in [5.41, 5.74) is 0. The molecule has 0 aliphatic heterocycles. The van der Waals surface area contributed by atoms with Crippen molar-refractivity contribution in [2.75, 3.05) is 0 Å². The molecule has 6 aromatic carbocycles. The quantitative estimate of drug-likeness (QED) is 0.0459. The Labute approximate surface area is 297 Å². The van der Waals surface area contributed by atoms with E-state index in [0.717, 1.165) is 0 Å². The molecule has 6 rings (SSSR count). The van der Waals surface area contributed by atoms with Crippen LogP contribution in [0.15, 0.2) is 182 Å². The first-order valence-corrected chi connectivity index (χ1v) is 17.1. The predicted molar refractivity (Wildman–Crippen MR) is 198 cm³/mol. The van der Waals surface area contributed by atoms with Crippen LogP contribution in [0.5, 0.6) is 0 Å². The molecule has 0 radical (unpaired) electrons. The Morgan fingerprint density at radius 2 is 0.478 bits per heavy atom. The minimum atomic E-state index is -0.446. The normalized spacial score (nSPS) is 9.09. The Kier molecular flexibility index (Phi) is 22.6. The SMILES string of the molecule is S=[C-][S-].[C-]#[O+].[C-]#[O+].[Fe+2].c1ccc(P(c2ccccc2)c2ccccc2)cc1.c1ccc(P(c2ccccc2)c2ccccc2)cc1. The van der Waals surface area contributed by atoms with Gasteiger partial charge in [-0.25, -0.2) is 0 Å². The first kappa shape index (κ1) is 40.5. The number of rotatable bonds is 6. The van der Waals surface area contributed by atoms with Crippen LogP contribution in [0, 0.1) is 13.3 Å². The Morgan fingerprint density at radius 1 is 0.370 bits per heavy atom. The minimum Gasteiger partial charge on any atom is -0.0622 e. The summed E-state index contributed by atoms with van der Waals surface area (Å²) in [6, 6.07) is 64.7. The number of hydrogen-bond donors (Lipinski definition) is 0. The average Bonchev–Trinajstić information content (AvgIpc) is 3.14. The van der Waals surface area contributed by atoms with Crippen molar-refractivity contribution < 1.29 is 26.4 Å². The molecule has 0 amide bonds. The summed E-state index contributed by atoms with van der Waals surface area (Å²) in [5, 5.41) is 8.39. The van der Waals surface area contributed by atoms with Crippen molar-refractivity contribution in [1.82, 2.24) is 0 Å². The third kappa shape index (κ3) is 13.5. The molecule has 0 fully saturated rings.